The quantitative estimate of drug-likeness (QED) is 0.767. The molecule has 3 N–H and O–H groups in total. The predicted molar refractivity (Wildman–Crippen MR) is 59.2 cm³/mol. The molecule has 2 nitrogen and oxygen atoms in total. The average Bonchev–Trinajstić information content (AvgIpc) is 2.19. The lowest BCUT2D eigenvalue weighted by atomic mass is 9.98. The SMILES string of the molecule is CCc1cc(C(N)CCO)ccc1C. The van der Waals surface area contributed by atoms with Gasteiger partial charge in [-0.15, -0.1) is 0 Å². The second-order valence-electron chi connectivity index (χ2n) is 3.66. The fourth-order valence-corrected chi connectivity index (χ4v) is 1.61. The molecule has 2 heteroatoms. The Bertz CT molecular complexity index is 296. The van der Waals surface area contributed by atoms with Crippen molar-refractivity contribution in [1.29, 1.82) is 0 Å². The van der Waals surface area contributed by atoms with Crippen LogP contribution in [-0.2, 0) is 6.42 Å². The molecule has 1 rings (SSSR count). The molecule has 0 aliphatic carbocycles. The molecular formula is C12H19NO. The summed E-state index contributed by atoms with van der Waals surface area (Å²) in [7, 11) is 0. The summed E-state index contributed by atoms with van der Waals surface area (Å²) in [5.41, 5.74) is 9.70. The van der Waals surface area contributed by atoms with E-state index in [4.69, 9.17) is 10.8 Å². The van der Waals surface area contributed by atoms with E-state index >= 15 is 0 Å². The molecule has 1 aromatic carbocycles. The van der Waals surface area contributed by atoms with E-state index in [1.807, 2.05) is 0 Å². The van der Waals surface area contributed by atoms with Gasteiger partial charge in [-0.3, -0.25) is 0 Å². The molecule has 1 atom stereocenters. The van der Waals surface area contributed by atoms with Crippen LogP contribution in [0, 0.1) is 6.92 Å². The Hall–Kier alpha value is -0.860. The highest BCUT2D eigenvalue weighted by molar-refractivity contribution is 5.32. The molecule has 0 spiro atoms. The third kappa shape index (κ3) is 2.56. The Morgan fingerprint density at radius 3 is 2.71 bits per heavy atom. The second kappa shape index (κ2) is 5.13. The average molecular weight is 193 g/mol. The maximum atomic E-state index is 8.80. The summed E-state index contributed by atoms with van der Waals surface area (Å²) in [5.74, 6) is 0. The molecule has 0 aliphatic heterocycles. The van der Waals surface area contributed by atoms with E-state index in [0.29, 0.717) is 6.42 Å². The molecule has 0 saturated carbocycles. The first-order valence-electron chi connectivity index (χ1n) is 5.15. The lowest BCUT2D eigenvalue weighted by molar-refractivity contribution is 0.276. The number of aliphatic hydroxyl groups is 1. The van der Waals surface area contributed by atoms with Crippen molar-refractivity contribution in [1.82, 2.24) is 0 Å². The van der Waals surface area contributed by atoms with Gasteiger partial charge in [0.25, 0.3) is 0 Å². The molecule has 14 heavy (non-hydrogen) atoms. The van der Waals surface area contributed by atoms with Crippen molar-refractivity contribution in [3.63, 3.8) is 0 Å². The molecule has 0 fully saturated rings. The summed E-state index contributed by atoms with van der Waals surface area (Å²) < 4.78 is 0. The van der Waals surface area contributed by atoms with Crippen molar-refractivity contribution in [2.45, 2.75) is 32.7 Å². The van der Waals surface area contributed by atoms with E-state index in [0.717, 1.165) is 12.0 Å². The van der Waals surface area contributed by atoms with E-state index in [9.17, 15) is 0 Å². The molecule has 0 amide bonds. The zero-order chi connectivity index (χ0) is 10.6. The lowest BCUT2D eigenvalue weighted by Gasteiger charge is -2.13. The van der Waals surface area contributed by atoms with Crippen LogP contribution >= 0.6 is 0 Å². The number of hydrogen-bond donors (Lipinski definition) is 2. The van der Waals surface area contributed by atoms with E-state index in [-0.39, 0.29) is 12.6 Å². The fraction of sp³-hybridized carbons (Fsp3) is 0.500. The van der Waals surface area contributed by atoms with Gasteiger partial charge in [-0.05, 0) is 36.5 Å². The summed E-state index contributed by atoms with van der Waals surface area (Å²) in [6, 6.07) is 6.27. The first kappa shape index (κ1) is 11.2. The molecule has 0 bridgehead atoms. The van der Waals surface area contributed by atoms with Gasteiger partial charge in [-0.2, -0.15) is 0 Å². The Morgan fingerprint density at radius 2 is 2.14 bits per heavy atom. The van der Waals surface area contributed by atoms with Crippen molar-refractivity contribution < 1.29 is 5.11 Å². The van der Waals surface area contributed by atoms with Crippen molar-refractivity contribution in [2.24, 2.45) is 5.73 Å². The molecule has 0 heterocycles. The third-order valence-corrected chi connectivity index (χ3v) is 2.62. The molecular weight excluding hydrogens is 174 g/mol. The minimum absolute atomic E-state index is 0.0362. The topological polar surface area (TPSA) is 46.2 Å². The van der Waals surface area contributed by atoms with Crippen LogP contribution in [-0.4, -0.2) is 11.7 Å². The van der Waals surface area contributed by atoms with Gasteiger partial charge in [0.05, 0.1) is 0 Å². The number of aryl methyl sites for hydroxylation is 2. The van der Waals surface area contributed by atoms with Gasteiger partial charge in [0.15, 0.2) is 0 Å². The maximum absolute atomic E-state index is 8.80. The molecule has 0 saturated heterocycles. The Balaban J connectivity index is 2.88. The Morgan fingerprint density at radius 1 is 1.43 bits per heavy atom. The van der Waals surface area contributed by atoms with Crippen LogP contribution in [0.2, 0.25) is 0 Å². The van der Waals surface area contributed by atoms with Crippen LogP contribution in [0.3, 0.4) is 0 Å². The maximum Gasteiger partial charge on any atom is 0.0449 e. The summed E-state index contributed by atoms with van der Waals surface area (Å²) >= 11 is 0. The number of nitrogens with two attached hydrogens (primary N) is 1. The molecule has 1 unspecified atom stereocenters. The summed E-state index contributed by atoms with van der Waals surface area (Å²) in [6.45, 7) is 4.40. The van der Waals surface area contributed by atoms with Gasteiger partial charge in [-0.25, -0.2) is 0 Å². The van der Waals surface area contributed by atoms with Crippen molar-refractivity contribution in [3.8, 4) is 0 Å². The molecule has 78 valence electrons. The zero-order valence-corrected chi connectivity index (χ0v) is 8.96. The number of hydrogen-bond acceptors (Lipinski definition) is 2. The van der Waals surface area contributed by atoms with Crippen LogP contribution in [0.25, 0.3) is 0 Å². The van der Waals surface area contributed by atoms with Gasteiger partial charge in [0.1, 0.15) is 0 Å². The Labute approximate surface area is 85.8 Å². The highest BCUT2D eigenvalue weighted by Gasteiger charge is 2.06. The Kier molecular flexibility index (Phi) is 4.11. The van der Waals surface area contributed by atoms with E-state index in [1.54, 1.807) is 0 Å². The first-order chi connectivity index (χ1) is 6.69. The van der Waals surface area contributed by atoms with Gasteiger partial charge in [0.2, 0.25) is 0 Å². The van der Waals surface area contributed by atoms with E-state index in [2.05, 4.69) is 32.0 Å². The lowest BCUT2D eigenvalue weighted by Crippen LogP contribution is -2.12. The van der Waals surface area contributed by atoms with Gasteiger partial charge in [-0.1, -0.05) is 25.1 Å². The monoisotopic (exact) mass is 193 g/mol. The largest absolute Gasteiger partial charge is 0.396 e. The molecule has 1 aromatic rings. The fourth-order valence-electron chi connectivity index (χ4n) is 1.61. The third-order valence-electron chi connectivity index (χ3n) is 2.62. The van der Waals surface area contributed by atoms with Gasteiger partial charge >= 0.3 is 0 Å². The summed E-state index contributed by atoms with van der Waals surface area (Å²) in [6.07, 6.45) is 1.66. The highest BCUT2D eigenvalue weighted by atomic mass is 16.3. The van der Waals surface area contributed by atoms with Crippen molar-refractivity contribution >= 4 is 0 Å². The van der Waals surface area contributed by atoms with Crippen LogP contribution in [0.1, 0.15) is 36.1 Å². The summed E-state index contributed by atoms with van der Waals surface area (Å²) in [5, 5.41) is 8.80. The summed E-state index contributed by atoms with van der Waals surface area (Å²) in [4.78, 5) is 0. The van der Waals surface area contributed by atoms with Gasteiger partial charge in [0, 0.05) is 12.6 Å². The molecule has 0 aromatic heterocycles. The van der Waals surface area contributed by atoms with E-state index < -0.39 is 0 Å². The number of aliphatic hydroxyl groups excluding tert-OH is 1. The number of rotatable bonds is 4. The highest BCUT2D eigenvalue weighted by Crippen LogP contribution is 2.18. The second-order valence-corrected chi connectivity index (χ2v) is 3.66. The normalized spacial score (nSPS) is 12.9. The standard InChI is InChI=1S/C12H19NO/c1-3-10-8-11(5-4-9(10)2)12(13)6-7-14/h4-5,8,12,14H,3,6-7,13H2,1-2H3. The first-order valence-corrected chi connectivity index (χ1v) is 5.15. The van der Waals surface area contributed by atoms with E-state index in [1.165, 1.54) is 11.1 Å². The van der Waals surface area contributed by atoms with Crippen LogP contribution in [0.5, 0.6) is 0 Å². The van der Waals surface area contributed by atoms with Gasteiger partial charge < -0.3 is 10.8 Å². The molecule has 0 aliphatic rings. The minimum atomic E-state index is -0.0362. The predicted octanol–water partition coefficient (Wildman–Crippen LogP) is 1.94. The van der Waals surface area contributed by atoms with Crippen LogP contribution < -0.4 is 5.73 Å². The van der Waals surface area contributed by atoms with Crippen molar-refractivity contribution in [2.75, 3.05) is 6.61 Å². The van der Waals surface area contributed by atoms with Crippen LogP contribution in [0.4, 0.5) is 0 Å². The molecule has 0 radical (unpaired) electrons. The smallest absolute Gasteiger partial charge is 0.0449 e. The van der Waals surface area contributed by atoms with Crippen LogP contribution in [0.15, 0.2) is 18.2 Å². The number of benzene rings is 1. The zero-order valence-electron chi connectivity index (χ0n) is 8.96. The van der Waals surface area contributed by atoms with Crippen molar-refractivity contribution in [3.05, 3.63) is 34.9 Å². The minimum Gasteiger partial charge on any atom is -0.396 e.